The SMILES string of the molecule is CC(=O)CC1C(C)=CCCC1(C)C. The molecular formula is C12H20O. The van der Waals surface area contributed by atoms with Crippen molar-refractivity contribution in [2.45, 2.75) is 47.0 Å². The van der Waals surface area contributed by atoms with Crippen molar-refractivity contribution in [3.05, 3.63) is 11.6 Å². The Morgan fingerprint density at radius 3 is 2.69 bits per heavy atom. The van der Waals surface area contributed by atoms with Crippen LogP contribution in [-0.2, 0) is 4.79 Å². The molecule has 1 heteroatoms. The van der Waals surface area contributed by atoms with Crippen LogP contribution in [-0.4, -0.2) is 5.78 Å². The van der Waals surface area contributed by atoms with Crippen LogP contribution in [0.1, 0.15) is 47.0 Å². The molecule has 0 saturated carbocycles. The van der Waals surface area contributed by atoms with E-state index in [1.807, 2.05) is 0 Å². The Balaban J connectivity index is 2.81. The lowest BCUT2D eigenvalue weighted by Crippen LogP contribution is -2.29. The molecule has 0 aliphatic heterocycles. The average Bonchev–Trinajstić information content (AvgIpc) is 1.96. The maximum atomic E-state index is 11.1. The van der Waals surface area contributed by atoms with Crippen LogP contribution in [0.2, 0.25) is 0 Å². The number of ketones is 1. The molecule has 1 rings (SSSR count). The number of carbonyl (C=O) groups is 1. The van der Waals surface area contributed by atoms with Crippen LogP contribution in [0.25, 0.3) is 0 Å². The molecule has 0 saturated heterocycles. The van der Waals surface area contributed by atoms with Crippen LogP contribution in [0.5, 0.6) is 0 Å². The fraction of sp³-hybridized carbons (Fsp3) is 0.750. The highest BCUT2D eigenvalue weighted by atomic mass is 16.1. The number of hydrogen-bond acceptors (Lipinski definition) is 1. The van der Waals surface area contributed by atoms with Crippen molar-refractivity contribution < 1.29 is 4.79 Å². The second-order valence-electron chi connectivity index (χ2n) is 4.93. The van der Waals surface area contributed by atoms with Gasteiger partial charge in [0.05, 0.1) is 0 Å². The first kappa shape index (κ1) is 10.5. The van der Waals surface area contributed by atoms with E-state index in [-0.39, 0.29) is 0 Å². The summed E-state index contributed by atoms with van der Waals surface area (Å²) in [6.45, 7) is 8.40. The zero-order valence-corrected chi connectivity index (χ0v) is 9.18. The highest BCUT2D eigenvalue weighted by molar-refractivity contribution is 5.76. The summed E-state index contributed by atoms with van der Waals surface area (Å²) in [6, 6.07) is 0. The van der Waals surface area contributed by atoms with E-state index in [4.69, 9.17) is 0 Å². The highest BCUT2D eigenvalue weighted by Crippen LogP contribution is 2.42. The van der Waals surface area contributed by atoms with Gasteiger partial charge in [0.15, 0.2) is 0 Å². The first-order valence-electron chi connectivity index (χ1n) is 5.09. The molecule has 0 heterocycles. The minimum absolute atomic E-state index is 0.310. The first-order chi connectivity index (χ1) is 5.93. The molecule has 1 nitrogen and oxygen atoms in total. The number of allylic oxidation sites excluding steroid dienone is 2. The summed E-state index contributed by atoms with van der Waals surface area (Å²) in [5.74, 6) is 0.784. The Hall–Kier alpha value is -0.590. The van der Waals surface area contributed by atoms with Gasteiger partial charge in [0.2, 0.25) is 0 Å². The predicted octanol–water partition coefficient (Wildman–Crippen LogP) is 3.35. The highest BCUT2D eigenvalue weighted by Gasteiger charge is 2.33. The molecular weight excluding hydrogens is 160 g/mol. The Labute approximate surface area is 81.2 Å². The maximum Gasteiger partial charge on any atom is 0.130 e. The standard InChI is InChI=1S/C12H20O/c1-9-6-5-7-12(3,4)11(9)8-10(2)13/h6,11H,5,7-8H2,1-4H3. The number of Topliss-reactive ketones (excluding diaryl/α,β-unsaturated/α-hetero) is 1. The Morgan fingerprint density at radius 1 is 1.62 bits per heavy atom. The van der Waals surface area contributed by atoms with Crippen molar-refractivity contribution in [2.24, 2.45) is 11.3 Å². The molecule has 1 unspecified atom stereocenters. The van der Waals surface area contributed by atoms with E-state index in [0.717, 1.165) is 6.42 Å². The van der Waals surface area contributed by atoms with Gasteiger partial charge in [0.25, 0.3) is 0 Å². The van der Waals surface area contributed by atoms with E-state index in [1.54, 1.807) is 6.92 Å². The molecule has 1 atom stereocenters. The summed E-state index contributed by atoms with van der Waals surface area (Å²) in [6.07, 6.45) is 5.39. The van der Waals surface area contributed by atoms with Gasteiger partial charge in [-0.2, -0.15) is 0 Å². The minimum atomic E-state index is 0.310. The number of hydrogen-bond donors (Lipinski definition) is 0. The first-order valence-corrected chi connectivity index (χ1v) is 5.09. The van der Waals surface area contributed by atoms with Gasteiger partial charge in [-0.15, -0.1) is 0 Å². The fourth-order valence-corrected chi connectivity index (χ4v) is 2.33. The molecule has 13 heavy (non-hydrogen) atoms. The molecule has 74 valence electrons. The third-order valence-electron chi connectivity index (χ3n) is 3.24. The van der Waals surface area contributed by atoms with Crippen molar-refractivity contribution >= 4 is 5.78 Å². The molecule has 0 bridgehead atoms. The van der Waals surface area contributed by atoms with E-state index >= 15 is 0 Å². The fourth-order valence-electron chi connectivity index (χ4n) is 2.33. The van der Waals surface area contributed by atoms with Crippen LogP contribution in [0.3, 0.4) is 0 Å². The Kier molecular flexibility index (Phi) is 2.94. The van der Waals surface area contributed by atoms with Crippen LogP contribution >= 0.6 is 0 Å². The average molecular weight is 180 g/mol. The zero-order chi connectivity index (χ0) is 10.1. The van der Waals surface area contributed by atoms with E-state index in [0.29, 0.717) is 17.1 Å². The largest absolute Gasteiger partial charge is 0.300 e. The van der Waals surface area contributed by atoms with Crippen molar-refractivity contribution in [1.82, 2.24) is 0 Å². The van der Waals surface area contributed by atoms with Gasteiger partial charge in [0.1, 0.15) is 5.78 Å². The normalized spacial score (nSPS) is 26.8. The molecule has 0 fully saturated rings. The Morgan fingerprint density at radius 2 is 2.23 bits per heavy atom. The summed E-state index contributed by atoms with van der Waals surface area (Å²) in [5, 5.41) is 0. The van der Waals surface area contributed by atoms with E-state index in [2.05, 4.69) is 26.8 Å². The quantitative estimate of drug-likeness (QED) is 0.596. The van der Waals surface area contributed by atoms with Gasteiger partial charge in [-0.05, 0) is 38.0 Å². The minimum Gasteiger partial charge on any atom is -0.300 e. The van der Waals surface area contributed by atoms with Gasteiger partial charge in [0, 0.05) is 6.42 Å². The van der Waals surface area contributed by atoms with Gasteiger partial charge in [-0.1, -0.05) is 25.5 Å². The van der Waals surface area contributed by atoms with Crippen molar-refractivity contribution in [1.29, 1.82) is 0 Å². The van der Waals surface area contributed by atoms with Gasteiger partial charge in [-0.25, -0.2) is 0 Å². The third kappa shape index (κ3) is 2.43. The van der Waals surface area contributed by atoms with E-state index < -0.39 is 0 Å². The van der Waals surface area contributed by atoms with E-state index in [1.165, 1.54) is 18.4 Å². The molecule has 0 amide bonds. The second-order valence-corrected chi connectivity index (χ2v) is 4.93. The lowest BCUT2D eigenvalue weighted by Gasteiger charge is -2.38. The summed E-state index contributed by atoms with van der Waals surface area (Å²) >= 11 is 0. The van der Waals surface area contributed by atoms with Crippen LogP contribution in [0.4, 0.5) is 0 Å². The van der Waals surface area contributed by atoms with Crippen molar-refractivity contribution in [2.75, 3.05) is 0 Å². The summed E-state index contributed by atoms with van der Waals surface area (Å²) in [7, 11) is 0. The zero-order valence-electron chi connectivity index (χ0n) is 9.18. The summed E-state index contributed by atoms with van der Waals surface area (Å²) in [4.78, 5) is 11.1. The topological polar surface area (TPSA) is 17.1 Å². The molecule has 0 N–H and O–H groups in total. The van der Waals surface area contributed by atoms with Crippen molar-refractivity contribution in [3.63, 3.8) is 0 Å². The third-order valence-corrected chi connectivity index (χ3v) is 3.24. The maximum absolute atomic E-state index is 11.1. The van der Waals surface area contributed by atoms with Crippen LogP contribution in [0.15, 0.2) is 11.6 Å². The summed E-state index contributed by atoms with van der Waals surface area (Å²) < 4.78 is 0. The molecule has 0 radical (unpaired) electrons. The predicted molar refractivity (Wildman–Crippen MR) is 55.6 cm³/mol. The molecule has 0 spiro atoms. The molecule has 0 aromatic rings. The molecule has 1 aliphatic carbocycles. The lowest BCUT2D eigenvalue weighted by atomic mass is 9.67. The van der Waals surface area contributed by atoms with E-state index in [9.17, 15) is 4.79 Å². The molecule has 0 aromatic carbocycles. The summed E-state index contributed by atoms with van der Waals surface area (Å²) in [5.41, 5.74) is 1.72. The van der Waals surface area contributed by atoms with Crippen molar-refractivity contribution in [3.8, 4) is 0 Å². The smallest absolute Gasteiger partial charge is 0.130 e. The lowest BCUT2D eigenvalue weighted by molar-refractivity contribution is -0.118. The molecule has 1 aliphatic rings. The number of carbonyl (C=O) groups excluding carboxylic acids is 1. The van der Waals surface area contributed by atoms with Crippen LogP contribution < -0.4 is 0 Å². The monoisotopic (exact) mass is 180 g/mol. The van der Waals surface area contributed by atoms with Gasteiger partial charge in [-0.3, -0.25) is 0 Å². The van der Waals surface area contributed by atoms with Gasteiger partial charge >= 0.3 is 0 Å². The Bertz CT molecular complexity index is 236. The second kappa shape index (κ2) is 3.65. The molecule has 0 aromatic heterocycles. The van der Waals surface area contributed by atoms with Crippen LogP contribution in [0, 0.1) is 11.3 Å². The van der Waals surface area contributed by atoms with Gasteiger partial charge < -0.3 is 4.79 Å². The number of rotatable bonds is 2.